The summed E-state index contributed by atoms with van der Waals surface area (Å²) in [4.78, 5) is 4.57. The van der Waals surface area contributed by atoms with Gasteiger partial charge in [-0.3, -0.25) is 0 Å². The van der Waals surface area contributed by atoms with Crippen molar-refractivity contribution in [3.05, 3.63) is 12.0 Å². The highest BCUT2D eigenvalue weighted by Gasteiger charge is 2.31. The van der Waals surface area contributed by atoms with Crippen molar-refractivity contribution in [2.24, 2.45) is 18.7 Å². The molecule has 106 valence electrons. The Morgan fingerprint density at radius 3 is 2.47 bits per heavy atom. The number of aryl methyl sites for hydroxylation is 2. The van der Waals surface area contributed by atoms with Crippen LogP contribution in [0.25, 0.3) is 0 Å². The van der Waals surface area contributed by atoms with Gasteiger partial charge in [-0.25, -0.2) is 13.4 Å². The average Bonchev–Trinajstić information content (AvgIpc) is 2.70. The first-order chi connectivity index (χ1) is 8.82. The molecule has 6 nitrogen and oxygen atoms in total. The molecule has 0 unspecified atom stereocenters. The fourth-order valence-corrected chi connectivity index (χ4v) is 3.89. The molecule has 2 rings (SSSR count). The average molecular weight is 302 g/mol. The van der Waals surface area contributed by atoms with E-state index in [2.05, 4.69) is 4.98 Å². The first kappa shape index (κ1) is 14.4. The molecule has 0 radical (unpaired) electrons. The van der Waals surface area contributed by atoms with Crippen LogP contribution < -0.4 is 5.73 Å². The van der Waals surface area contributed by atoms with Crippen molar-refractivity contribution in [1.82, 2.24) is 13.9 Å². The zero-order chi connectivity index (χ0) is 14.2. The van der Waals surface area contributed by atoms with Gasteiger partial charge in [0.2, 0.25) is 0 Å². The minimum Gasteiger partial charge on any atom is -0.393 e. The van der Waals surface area contributed by atoms with Crippen molar-refractivity contribution in [2.45, 2.75) is 24.8 Å². The highest BCUT2D eigenvalue weighted by molar-refractivity contribution is 7.89. The largest absolute Gasteiger partial charge is 0.393 e. The predicted octanol–water partition coefficient (Wildman–Crippen LogP) is 0.415. The normalized spacial score (nSPS) is 18.6. The monoisotopic (exact) mass is 302 g/mol. The van der Waals surface area contributed by atoms with Crippen molar-refractivity contribution < 1.29 is 8.42 Å². The van der Waals surface area contributed by atoms with Crippen molar-refractivity contribution >= 4 is 27.2 Å². The molecule has 2 heterocycles. The SMILES string of the molecule is Cc1nc(S(=O)(=O)N2CCC(C(N)=S)CC2)cn1C. The molecule has 0 aliphatic carbocycles. The first-order valence-corrected chi connectivity index (χ1v) is 7.96. The maximum Gasteiger partial charge on any atom is 0.262 e. The van der Waals surface area contributed by atoms with E-state index >= 15 is 0 Å². The number of sulfonamides is 1. The number of imidazole rings is 1. The zero-order valence-corrected chi connectivity index (χ0v) is 12.7. The van der Waals surface area contributed by atoms with Gasteiger partial charge < -0.3 is 10.3 Å². The third-order valence-electron chi connectivity index (χ3n) is 3.55. The Labute approximate surface area is 118 Å². The molecule has 1 aromatic rings. The highest BCUT2D eigenvalue weighted by Crippen LogP contribution is 2.23. The van der Waals surface area contributed by atoms with E-state index in [4.69, 9.17) is 18.0 Å². The molecule has 1 fully saturated rings. The van der Waals surface area contributed by atoms with Gasteiger partial charge in [0.15, 0.2) is 5.03 Å². The quantitative estimate of drug-likeness (QED) is 0.818. The van der Waals surface area contributed by atoms with E-state index in [9.17, 15) is 8.42 Å². The summed E-state index contributed by atoms with van der Waals surface area (Å²) < 4.78 is 28.0. The number of piperidine rings is 1. The molecule has 0 aromatic carbocycles. The maximum absolute atomic E-state index is 12.4. The lowest BCUT2D eigenvalue weighted by molar-refractivity contribution is 0.316. The molecule has 0 amide bonds. The van der Waals surface area contributed by atoms with Gasteiger partial charge in [-0.15, -0.1) is 0 Å². The lowest BCUT2D eigenvalue weighted by atomic mass is 9.98. The standard InChI is InChI=1S/C11H18N4O2S2/c1-8-13-10(7-14(8)2)19(16,17)15-5-3-9(4-6-15)11(12)18/h7,9H,3-6H2,1-2H3,(H2,12,18). The van der Waals surface area contributed by atoms with Crippen molar-refractivity contribution in [2.75, 3.05) is 13.1 Å². The van der Waals surface area contributed by atoms with E-state index in [1.807, 2.05) is 0 Å². The number of hydrogen-bond donors (Lipinski definition) is 1. The number of aromatic nitrogens is 2. The van der Waals surface area contributed by atoms with Crippen LogP contribution in [-0.4, -0.2) is 40.4 Å². The molecule has 1 aliphatic rings. The predicted molar refractivity (Wildman–Crippen MR) is 76.2 cm³/mol. The summed E-state index contributed by atoms with van der Waals surface area (Å²) in [5.74, 6) is 0.823. The molecule has 0 spiro atoms. The van der Waals surface area contributed by atoms with Crippen LogP contribution >= 0.6 is 12.2 Å². The lowest BCUT2D eigenvalue weighted by Crippen LogP contribution is -2.41. The lowest BCUT2D eigenvalue weighted by Gasteiger charge is -2.29. The Morgan fingerprint density at radius 2 is 2.05 bits per heavy atom. The van der Waals surface area contributed by atoms with Gasteiger partial charge in [-0.1, -0.05) is 12.2 Å². The Balaban J connectivity index is 2.16. The van der Waals surface area contributed by atoms with Gasteiger partial charge in [-0.05, 0) is 19.8 Å². The van der Waals surface area contributed by atoms with E-state index in [1.165, 1.54) is 4.31 Å². The topological polar surface area (TPSA) is 81.2 Å². The van der Waals surface area contributed by atoms with E-state index in [1.54, 1.807) is 24.7 Å². The van der Waals surface area contributed by atoms with Gasteiger partial charge in [0.25, 0.3) is 10.0 Å². The molecule has 0 bridgehead atoms. The van der Waals surface area contributed by atoms with Crippen molar-refractivity contribution in [3.8, 4) is 0 Å². The smallest absolute Gasteiger partial charge is 0.262 e. The number of hydrogen-bond acceptors (Lipinski definition) is 4. The van der Waals surface area contributed by atoms with Crippen LogP contribution in [0.2, 0.25) is 0 Å². The Hall–Kier alpha value is -0.990. The van der Waals surface area contributed by atoms with Crippen LogP contribution in [0.3, 0.4) is 0 Å². The third kappa shape index (κ3) is 2.80. The number of thiocarbonyl (C=S) groups is 1. The van der Waals surface area contributed by atoms with Crippen LogP contribution in [0.4, 0.5) is 0 Å². The fourth-order valence-electron chi connectivity index (χ4n) is 2.16. The van der Waals surface area contributed by atoms with Crippen molar-refractivity contribution in [3.63, 3.8) is 0 Å². The molecule has 1 saturated heterocycles. The molecule has 19 heavy (non-hydrogen) atoms. The molecule has 8 heteroatoms. The van der Waals surface area contributed by atoms with E-state index in [0.717, 1.165) is 0 Å². The Bertz CT molecular complexity index is 566. The number of rotatable bonds is 3. The third-order valence-corrected chi connectivity index (χ3v) is 5.65. The van der Waals surface area contributed by atoms with Crippen molar-refractivity contribution in [1.29, 1.82) is 0 Å². The minimum absolute atomic E-state index is 0.112. The fraction of sp³-hybridized carbons (Fsp3) is 0.636. The Kier molecular flexibility index (Phi) is 3.93. The number of nitrogens with two attached hydrogens (primary N) is 1. The summed E-state index contributed by atoms with van der Waals surface area (Å²) in [5.41, 5.74) is 5.60. The van der Waals surface area contributed by atoms with Crippen LogP contribution in [-0.2, 0) is 17.1 Å². The van der Waals surface area contributed by atoms with E-state index in [-0.39, 0.29) is 10.9 Å². The minimum atomic E-state index is -3.50. The second-order valence-corrected chi connectivity index (χ2v) is 7.17. The summed E-state index contributed by atoms with van der Waals surface area (Å²) >= 11 is 4.96. The van der Waals surface area contributed by atoms with Gasteiger partial charge in [-0.2, -0.15) is 4.31 Å². The maximum atomic E-state index is 12.4. The molecular weight excluding hydrogens is 284 g/mol. The summed E-state index contributed by atoms with van der Waals surface area (Å²) in [5, 5.41) is 0.112. The highest BCUT2D eigenvalue weighted by atomic mass is 32.2. The summed E-state index contributed by atoms with van der Waals surface area (Å²) in [7, 11) is -1.72. The summed E-state index contributed by atoms with van der Waals surface area (Å²) in [6, 6.07) is 0. The first-order valence-electron chi connectivity index (χ1n) is 6.12. The van der Waals surface area contributed by atoms with Gasteiger partial charge >= 0.3 is 0 Å². The zero-order valence-electron chi connectivity index (χ0n) is 11.0. The molecule has 1 aliphatic heterocycles. The van der Waals surface area contributed by atoms with Gasteiger partial charge in [0.1, 0.15) is 5.82 Å². The second kappa shape index (κ2) is 5.18. The number of nitrogens with zero attached hydrogens (tertiary/aromatic N) is 3. The van der Waals surface area contributed by atoms with Crippen LogP contribution in [0.5, 0.6) is 0 Å². The molecule has 0 atom stereocenters. The molecule has 1 aromatic heterocycles. The van der Waals surface area contributed by atoms with Crippen LogP contribution in [0.15, 0.2) is 11.2 Å². The molecular formula is C11H18N4O2S2. The Morgan fingerprint density at radius 1 is 1.47 bits per heavy atom. The molecule has 2 N–H and O–H groups in total. The van der Waals surface area contributed by atoms with E-state index < -0.39 is 10.0 Å². The van der Waals surface area contributed by atoms with Crippen LogP contribution in [0.1, 0.15) is 18.7 Å². The van der Waals surface area contributed by atoms with Crippen LogP contribution in [0, 0.1) is 12.8 Å². The van der Waals surface area contributed by atoms with E-state index in [0.29, 0.717) is 36.7 Å². The summed E-state index contributed by atoms with van der Waals surface area (Å²) in [6.45, 7) is 2.66. The van der Waals surface area contributed by atoms with Gasteiger partial charge in [0, 0.05) is 32.3 Å². The summed E-state index contributed by atoms with van der Waals surface area (Å²) in [6.07, 6.45) is 2.91. The second-order valence-electron chi connectivity index (χ2n) is 4.82. The molecule has 0 saturated carbocycles. The van der Waals surface area contributed by atoms with Gasteiger partial charge in [0.05, 0.1) is 4.99 Å².